The van der Waals surface area contributed by atoms with Crippen molar-refractivity contribution >= 4 is 33.1 Å². The van der Waals surface area contributed by atoms with Crippen LogP contribution in [0.25, 0.3) is 10.1 Å². The minimum Gasteiger partial charge on any atom is -0.494 e. The van der Waals surface area contributed by atoms with Crippen LogP contribution in [0.15, 0.2) is 29.4 Å². The Morgan fingerprint density at radius 3 is 2.67 bits per heavy atom. The Hall–Kier alpha value is -2.08. The van der Waals surface area contributed by atoms with Crippen LogP contribution in [0.1, 0.15) is 4.88 Å². The summed E-state index contributed by atoms with van der Waals surface area (Å²) in [5.74, 6) is -0.643. The monoisotopic (exact) mass is 265 g/mol. The number of nitrogens with zero attached hydrogens (tertiary/aromatic N) is 1. The second-order valence-electron chi connectivity index (χ2n) is 3.39. The lowest BCUT2D eigenvalue weighted by molar-refractivity contribution is -0.129. The molecule has 1 aromatic carbocycles. The lowest BCUT2D eigenvalue weighted by Crippen LogP contribution is -2.14. The molecule has 2 aromatic rings. The summed E-state index contributed by atoms with van der Waals surface area (Å²) in [7, 11) is 2.81. The second-order valence-corrected chi connectivity index (χ2v) is 4.44. The number of fused-ring (bicyclic) bond motifs is 1. The number of benzene rings is 1. The zero-order valence-corrected chi connectivity index (χ0v) is 10.7. The molecule has 0 radical (unpaired) electrons. The highest BCUT2D eigenvalue weighted by atomic mass is 32.1. The maximum absolute atomic E-state index is 11.2. The van der Waals surface area contributed by atoms with Crippen LogP contribution in [-0.4, -0.2) is 31.0 Å². The molecule has 18 heavy (non-hydrogen) atoms. The molecule has 0 aliphatic rings. The normalized spacial score (nSPS) is 11.6. The summed E-state index contributed by atoms with van der Waals surface area (Å²) >= 11 is 1.31. The molecule has 0 fully saturated rings. The molecule has 1 heterocycles. The molecule has 0 aliphatic carbocycles. The van der Waals surface area contributed by atoms with Gasteiger partial charge in [-0.15, -0.1) is 11.3 Å². The summed E-state index contributed by atoms with van der Waals surface area (Å²) in [6, 6.07) is 7.53. The van der Waals surface area contributed by atoms with E-state index in [0.717, 1.165) is 10.1 Å². The van der Waals surface area contributed by atoms with Crippen molar-refractivity contribution in [2.45, 2.75) is 0 Å². The Morgan fingerprint density at radius 2 is 2.06 bits per heavy atom. The summed E-state index contributed by atoms with van der Waals surface area (Å²) in [4.78, 5) is 16.2. The van der Waals surface area contributed by atoms with Gasteiger partial charge in [0.25, 0.3) is 0 Å². The van der Waals surface area contributed by atoms with Crippen molar-refractivity contribution in [3.8, 4) is 5.75 Å². The first-order chi connectivity index (χ1) is 8.69. The molecule has 0 spiro atoms. The third-order valence-corrected chi connectivity index (χ3v) is 3.51. The predicted octanol–water partition coefficient (Wildman–Crippen LogP) is 2.35. The van der Waals surface area contributed by atoms with Crippen molar-refractivity contribution in [3.05, 3.63) is 29.1 Å². The van der Waals surface area contributed by atoms with Gasteiger partial charge in [0.05, 0.1) is 7.11 Å². The van der Waals surface area contributed by atoms with E-state index in [-0.39, 0.29) is 5.71 Å². The molecule has 0 aliphatic heterocycles. The number of carboxylic acids is 1. The van der Waals surface area contributed by atoms with Crippen molar-refractivity contribution < 1.29 is 19.5 Å². The highest BCUT2D eigenvalue weighted by molar-refractivity contribution is 7.22. The molecule has 0 atom stereocenters. The van der Waals surface area contributed by atoms with Gasteiger partial charge >= 0.3 is 5.97 Å². The van der Waals surface area contributed by atoms with Gasteiger partial charge in [-0.1, -0.05) is 17.3 Å². The van der Waals surface area contributed by atoms with Crippen molar-refractivity contribution in [2.75, 3.05) is 14.2 Å². The average molecular weight is 265 g/mol. The van der Waals surface area contributed by atoms with Gasteiger partial charge < -0.3 is 14.7 Å². The van der Waals surface area contributed by atoms with Gasteiger partial charge in [-0.2, -0.15) is 0 Å². The minimum atomic E-state index is -1.15. The van der Waals surface area contributed by atoms with Crippen LogP contribution in [-0.2, 0) is 9.63 Å². The topological polar surface area (TPSA) is 68.1 Å². The van der Waals surface area contributed by atoms with Crippen LogP contribution in [0, 0.1) is 0 Å². The molecule has 1 aromatic heterocycles. The molecule has 0 saturated carbocycles. The summed E-state index contributed by atoms with van der Waals surface area (Å²) in [6.07, 6.45) is 0. The molecule has 0 saturated heterocycles. The smallest absolute Gasteiger partial charge is 0.359 e. The quantitative estimate of drug-likeness (QED) is 0.680. The maximum atomic E-state index is 11.2. The van der Waals surface area contributed by atoms with Crippen LogP contribution in [0.3, 0.4) is 0 Å². The number of hydrogen-bond donors (Lipinski definition) is 1. The highest BCUT2D eigenvalue weighted by Crippen LogP contribution is 2.37. The number of rotatable bonds is 4. The summed E-state index contributed by atoms with van der Waals surface area (Å²) < 4.78 is 6.23. The first-order valence-electron chi connectivity index (χ1n) is 5.09. The third kappa shape index (κ3) is 2.02. The van der Waals surface area contributed by atoms with Crippen LogP contribution in [0.4, 0.5) is 0 Å². The highest BCUT2D eigenvalue weighted by Gasteiger charge is 2.23. The zero-order valence-electron chi connectivity index (χ0n) is 9.84. The average Bonchev–Trinajstić information content (AvgIpc) is 2.73. The largest absolute Gasteiger partial charge is 0.494 e. The second kappa shape index (κ2) is 5.05. The van der Waals surface area contributed by atoms with Crippen LogP contribution < -0.4 is 4.74 Å². The Labute approximate surface area is 107 Å². The van der Waals surface area contributed by atoms with E-state index in [0.29, 0.717) is 10.6 Å². The molecule has 0 bridgehead atoms. The van der Waals surface area contributed by atoms with Crippen molar-refractivity contribution in [3.63, 3.8) is 0 Å². The predicted molar refractivity (Wildman–Crippen MR) is 69.6 cm³/mol. The fourth-order valence-electron chi connectivity index (χ4n) is 1.65. The van der Waals surface area contributed by atoms with E-state index in [4.69, 9.17) is 9.84 Å². The van der Waals surface area contributed by atoms with Gasteiger partial charge in [0.1, 0.15) is 17.7 Å². The van der Waals surface area contributed by atoms with Gasteiger partial charge in [0.15, 0.2) is 0 Å². The number of carboxylic acid groups (broad SMARTS) is 1. The van der Waals surface area contributed by atoms with E-state index in [1.807, 2.05) is 24.3 Å². The summed E-state index contributed by atoms with van der Waals surface area (Å²) in [5, 5.41) is 13.6. The molecule has 0 unspecified atom stereocenters. The van der Waals surface area contributed by atoms with Gasteiger partial charge in [0, 0.05) is 10.1 Å². The number of aliphatic carboxylic acids is 1. The molecule has 5 nitrogen and oxygen atoms in total. The minimum absolute atomic E-state index is 0.157. The van der Waals surface area contributed by atoms with Crippen LogP contribution in [0.5, 0.6) is 5.75 Å². The number of thiophene rings is 1. The number of carbonyl (C=O) groups is 1. The van der Waals surface area contributed by atoms with Crippen molar-refractivity contribution in [2.24, 2.45) is 5.16 Å². The van der Waals surface area contributed by atoms with E-state index in [1.54, 1.807) is 0 Å². The third-order valence-electron chi connectivity index (χ3n) is 2.35. The summed E-state index contributed by atoms with van der Waals surface area (Å²) in [5.41, 5.74) is -0.157. The molecule has 6 heteroatoms. The van der Waals surface area contributed by atoms with Gasteiger partial charge in [-0.05, 0) is 12.1 Å². The Bertz CT molecular complexity index is 618. The van der Waals surface area contributed by atoms with Crippen molar-refractivity contribution in [1.82, 2.24) is 0 Å². The van der Waals surface area contributed by atoms with E-state index >= 15 is 0 Å². The van der Waals surface area contributed by atoms with Gasteiger partial charge in [-0.3, -0.25) is 0 Å². The Morgan fingerprint density at radius 1 is 1.33 bits per heavy atom. The summed E-state index contributed by atoms with van der Waals surface area (Å²) in [6.45, 7) is 0. The van der Waals surface area contributed by atoms with E-state index < -0.39 is 5.97 Å². The fraction of sp³-hybridized carbons (Fsp3) is 0.167. The van der Waals surface area contributed by atoms with Crippen LogP contribution in [0.2, 0.25) is 0 Å². The van der Waals surface area contributed by atoms with E-state index in [2.05, 4.69) is 9.99 Å². The number of hydrogen-bond acceptors (Lipinski definition) is 5. The Kier molecular flexibility index (Phi) is 3.47. The lowest BCUT2D eigenvalue weighted by atomic mass is 10.2. The zero-order chi connectivity index (χ0) is 13.1. The van der Waals surface area contributed by atoms with Crippen molar-refractivity contribution in [1.29, 1.82) is 0 Å². The fourth-order valence-corrected chi connectivity index (χ4v) is 2.79. The first-order valence-corrected chi connectivity index (χ1v) is 5.91. The van der Waals surface area contributed by atoms with E-state index in [1.165, 1.54) is 25.6 Å². The van der Waals surface area contributed by atoms with Gasteiger partial charge in [-0.25, -0.2) is 4.79 Å². The molecular weight excluding hydrogens is 254 g/mol. The first kappa shape index (κ1) is 12.4. The number of ether oxygens (including phenoxy) is 1. The number of oxime groups is 1. The van der Waals surface area contributed by atoms with Crippen LogP contribution >= 0.6 is 11.3 Å². The lowest BCUT2D eigenvalue weighted by Gasteiger charge is -2.02. The molecule has 0 amide bonds. The standard InChI is InChI=1S/C12H11NO4S/c1-16-10-7-5-3-4-6-8(7)18-11(10)9(12(14)15)13-17-2/h3-6H,1-2H3,(H,14,15). The maximum Gasteiger partial charge on any atom is 0.359 e. The molecule has 1 N–H and O–H groups in total. The number of methoxy groups -OCH3 is 1. The molecule has 94 valence electrons. The molecular formula is C12H11NO4S. The SMILES string of the molecule is CON=C(C(=O)O)c1sc2ccccc2c1OC. The van der Waals surface area contributed by atoms with E-state index in [9.17, 15) is 4.79 Å². The Balaban J connectivity index is 2.70. The van der Waals surface area contributed by atoms with Gasteiger partial charge in [0.2, 0.25) is 5.71 Å². The molecule has 2 rings (SSSR count).